The molecule has 1 N–H and O–H groups in total. The van der Waals surface area contributed by atoms with E-state index in [-0.39, 0.29) is 0 Å². The summed E-state index contributed by atoms with van der Waals surface area (Å²) in [5, 5.41) is 8.38. The topological polar surface area (TPSA) is 29.9 Å². The van der Waals surface area contributed by atoms with Crippen LogP contribution in [0.15, 0.2) is 18.2 Å². The molecule has 0 amide bonds. The molecule has 1 aromatic heterocycles. The number of nitrogens with zero attached hydrogens (tertiary/aromatic N) is 2. The highest BCUT2D eigenvalue weighted by Crippen LogP contribution is 2.29. The number of halogens is 1. The van der Waals surface area contributed by atoms with Crippen molar-refractivity contribution in [2.45, 2.75) is 20.4 Å². The fourth-order valence-electron chi connectivity index (χ4n) is 2.25. The van der Waals surface area contributed by atoms with Gasteiger partial charge in [0.25, 0.3) is 0 Å². The zero-order valence-electron chi connectivity index (χ0n) is 11.2. The maximum Gasteiger partial charge on any atom is 0.0674 e. The fraction of sp³-hybridized carbons (Fsp3) is 0.357. The number of benzene rings is 1. The number of hydrogen-bond donors (Lipinski definition) is 1. The second-order valence-corrected chi connectivity index (χ2v) is 4.91. The van der Waals surface area contributed by atoms with Crippen LogP contribution < -0.4 is 5.32 Å². The Morgan fingerprint density at radius 1 is 1.33 bits per heavy atom. The van der Waals surface area contributed by atoms with E-state index in [0.29, 0.717) is 0 Å². The summed E-state index contributed by atoms with van der Waals surface area (Å²) in [7, 11) is 3.89. The summed E-state index contributed by atoms with van der Waals surface area (Å²) in [5.74, 6) is 0. The van der Waals surface area contributed by atoms with Gasteiger partial charge in [-0.15, -0.1) is 0 Å². The van der Waals surface area contributed by atoms with Crippen molar-refractivity contribution in [3.63, 3.8) is 0 Å². The standard InChI is InChI=1S/C14H18ClN3/c1-9-14(10(2)18(4)17-9)11-5-6-13(15)12(7-11)8-16-3/h5-7,16H,8H2,1-4H3. The average Bonchev–Trinajstić information content (AvgIpc) is 2.57. The highest BCUT2D eigenvalue weighted by Gasteiger charge is 2.12. The van der Waals surface area contributed by atoms with E-state index in [2.05, 4.69) is 29.5 Å². The Labute approximate surface area is 113 Å². The highest BCUT2D eigenvalue weighted by molar-refractivity contribution is 6.31. The summed E-state index contributed by atoms with van der Waals surface area (Å²) in [6, 6.07) is 6.14. The van der Waals surface area contributed by atoms with Crippen LogP contribution in [0.25, 0.3) is 11.1 Å². The van der Waals surface area contributed by atoms with Gasteiger partial charge in [0.2, 0.25) is 0 Å². The number of hydrogen-bond acceptors (Lipinski definition) is 2. The van der Waals surface area contributed by atoms with Gasteiger partial charge in [-0.05, 0) is 44.2 Å². The first-order valence-electron chi connectivity index (χ1n) is 5.98. The molecule has 0 unspecified atom stereocenters. The van der Waals surface area contributed by atoms with E-state index >= 15 is 0 Å². The monoisotopic (exact) mass is 263 g/mol. The summed E-state index contributed by atoms with van der Waals surface area (Å²) in [4.78, 5) is 0. The van der Waals surface area contributed by atoms with Crippen molar-refractivity contribution in [3.05, 3.63) is 40.2 Å². The second kappa shape index (κ2) is 5.12. The van der Waals surface area contributed by atoms with E-state index in [0.717, 1.165) is 22.8 Å². The molecule has 4 heteroatoms. The minimum Gasteiger partial charge on any atom is -0.316 e. The van der Waals surface area contributed by atoms with Crippen molar-refractivity contribution >= 4 is 11.6 Å². The zero-order chi connectivity index (χ0) is 13.3. The predicted octanol–water partition coefficient (Wildman–Crippen LogP) is 3.08. The van der Waals surface area contributed by atoms with Gasteiger partial charge in [-0.3, -0.25) is 4.68 Å². The van der Waals surface area contributed by atoms with Crippen LogP contribution in [0.2, 0.25) is 5.02 Å². The molecular formula is C14H18ClN3. The molecule has 0 saturated carbocycles. The molecular weight excluding hydrogens is 246 g/mol. The van der Waals surface area contributed by atoms with Crippen LogP contribution in [0, 0.1) is 13.8 Å². The predicted molar refractivity (Wildman–Crippen MR) is 75.9 cm³/mol. The molecule has 2 aromatic rings. The Bertz CT molecular complexity index is 573. The van der Waals surface area contributed by atoms with Crippen LogP contribution >= 0.6 is 11.6 Å². The van der Waals surface area contributed by atoms with Crippen LogP contribution in [-0.4, -0.2) is 16.8 Å². The van der Waals surface area contributed by atoms with Gasteiger partial charge in [-0.1, -0.05) is 17.7 Å². The summed E-state index contributed by atoms with van der Waals surface area (Å²) in [5.41, 5.74) is 5.71. The van der Waals surface area contributed by atoms with Gasteiger partial charge in [0.05, 0.1) is 5.69 Å². The van der Waals surface area contributed by atoms with Gasteiger partial charge < -0.3 is 5.32 Å². The van der Waals surface area contributed by atoms with Gasteiger partial charge in [0, 0.05) is 29.9 Å². The van der Waals surface area contributed by atoms with Crippen molar-refractivity contribution < 1.29 is 0 Å². The molecule has 0 aliphatic heterocycles. The highest BCUT2D eigenvalue weighted by atomic mass is 35.5. The molecule has 3 nitrogen and oxygen atoms in total. The molecule has 2 rings (SSSR count). The van der Waals surface area contributed by atoms with Crippen molar-refractivity contribution in [2.24, 2.45) is 7.05 Å². The van der Waals surface area contributed by atoms with Crippen LogP contribution in [0.1, 0.15) is 17.0 Å². The quantitative estimate of drug-likeness (QED) is 0.922. The third kappa shape index (κ3) is 2.28. The Balaban J connectivity index is 2.54. The van der Waals surface area contributed by atoms with E-state index in [1.165, 1.54) is 16.8 Å². The van der Waals surface area contributed by atoms with Gasteiger partial charge >= 0.3 is 0 Å². The van der Waals surface area contributed by atoms with E-state index in [1.807, 2.05) is 31.8 Å². The molecule has 0 radical (unpaired) electrons. The normalized spacial score (nSPS) is 10.9. The Hall–Kier alpha value is -1.32. The van der Waals surface area contributed by atoms with E-state index in [1.54, 1.807) is 0 Å². The van der Waals surface area contributed by atoms with Gasteiger partial charge in [-0.2, -0.15) is 5.10 Å². The maximum absolute atomic E-state index is 6.19. The van der Waals surface area contributed by atoms with Crippen LogP contribution in [0.5, 0.6) is 0 Å². The lowest BCUT2D eigenvalue weighted by Crippen LogP contribution is -2.05. The summed E-state index contributed by atoms with van der Waals surface area (Å²) < 4.78 is 1.91. The number of nitrogens with one attached hydrogen (secondary N) is 1. The summed E-state index contributed by atoms with van der Waals surface area (Å²) in [6.07, 6.45) is 0. The lowest BCUT2D eigenvalue weighted by atomic mass is 10.0. The maximum atomic E-state index is 6.19. The van der Waals surface area contributed by atoms with Crippen molar-refractivity contribution in [1.29, 1.82) is 0 Å². The van der Waals surface area contributed by atoms with Gasteiger partial charge in [0.1, 0.15) is 0 Å². The first-order chi connectivity index (χ1) is 8.54. The van der Waals surface area contributed by atoms with Crippen molar-refractivity contribution in [2.75, 3.05) is 7.05 Å². The molecule has 0 aliphatic rings. The summed E-state index contributed by atoms with van der Waals surface area (Å²) >= 11 is 6.19. The van der Waals surface area contributed by atoms with E-state index in [4.69, 9.17) is 11.6 Å². The molecule has 0 saturated heterocycles. The molecule has 1 heterocycles. The Kier molecular flexibility index (Phi) is 3.73. The number of rotatable bonds is 3. The first kappa shape index (κ1) is 13.1. The van der Waals surface area contributed by atoms with Crippen molar-refractivity contribution in [3.8, 4) is 11.1 Å². The molecule has 0 spiro atoms. The number of aromatic nitrogens is 2. The van der Waals surface area contributed by atoms with Crippen LogP contribution in [-0.2, 0) is 13.6 Å². The van der Waals surface area contributed by atoms with Crippen molar-refractivity contribution in [1.82, 2.24) is 15.1 Å². The lowest BCUT2D eigenvalue weighted by molar-refractivity contribution is 0.731. The van der Waals surface area contributed by atoms with Crippen LogP contribution in [0.3, 0.4) is 0 Å². The SMILES string of the molecule is CNCc1cc(-c2c(C)nn(C)c2C)ccc1Cl. The minimum atomic E-state index is 0.769. The molecule has 0 fully saturated rings. The molecule has 0 bridgehead atoms. The third-order valence-corrected chi connectivity index (χ3v) is 3.58. The van der Waals surface area contributed by atoms with E-state index < -0.39 is 0 Å². The molecule has 0 aliphatic carbocycles. The van der Waals surface area contributed by atoms with Crippen LogP contribution in [0.4, 0.5) is 0 Å². The third-order valence-electron chi connectivity index (χ3n) is 3.21. The van der Waals surface area contributed by atoms with Gasteiger partial charge in [0.15, 0.2) is 0 Å². The largest absolute Gasteiger partial charge is 0.316 e. The first-order valence-corrected chi connectivity index (χ1v) is 6.36. The summed E-state index contributed by atoms with van der Waals surface area (Å²) in [6.45, 7) is 4.89. The second-order valence-electron chi connectivity index (χ2n) is 4.51. The Morgan fingerprint density at radius 2 is 2.06 bits per heavy atom. The van der Waals surface area contributed by atoms with Gasteiger partial charge in [-0.25, -0.2) is 0 Å². The lowest BCUT2D eigenvalue weighted by Gasteiger charge is -2.08. The average molecular weight is 264 g/mol. The molecule has 96 valence electrons. The van der Waals surface area contributed by atoms with E-state index in [9.17, 15) is 0 Å². The molecule has 1 aromatic carbocycles. The zero-order valence-corrected chi connectivity index (χ0v) is 12.0. The molecule has 18 heavy (non-hydrogen) atoms. The minimum absolute atomic E-state index is 0.769. The smallest absolute Gasteiger partial charge is 0.0674 e. The fourth-order valence-corrected chi connectivity index (χ4v) is 2.43. The molecule has 0 atom stereocenters. The Morgan fingerprint density at radius 3 is 2.61 bits per heavy atom. The number of aryl methyl sites for hydroxylation is 2.